The zero-order valence-corrected chi connectivity index (χ0v) is 11.9. The highest BCUT2D eigenvalue weighted by molar-refractivity contribution is 6.35. The molecule has 0 aliphatic heterocycles. The smallest absolute Gasteiger partial charge is 0.354 e. The quantitative estimate of drug-likeness (QED) is 0.801. The minimum Gasteiger partial charge on any atom is -0.477 e. The molecule has 2 rings (SSSR count). The molecule has 3 N–H and O–H groups in total. The molecule has 108 valence electrons. The number of amides is 2. The Morgan fingerprint density at radius 2 is 1.86 bits per heavy atom. The highest BCUT2D eigenvalue weighted by Crippen LogP contribution is 2.25. The number of aromatic carboxylic acids is 1. The van der Waals surface area contributed by atoms with Crippen LogP contribution in [0.1, 0.15) is 10.5 Å². The van der Waals surface area contributed by atoms with Crippen LogP contribution in [0.25, 0.3) is 0 Å². The number of carboxylic acid groups (broad SMARTS) is 1. The third kappa shape index (κ3) is 4.08. The fourth-order valence-electron chi connectivity index (χ4n) is 1.47. The lowest BCUT2D eigenvalue weighted by Gasteiger charge is -2.09. The van der Waals surface area contributed by atoms with Gasteiger partial charge in [0.2, 0.25) is 0 Å². The van der Waals surface area contributed by atoms with E-state index in [1.807, 2.05) is 0 Å². The highest BCUT2D eigenvalue weighted by Gasteiger charge is 2.08. The SMILES string of the molecule is O=C(Nc1ccc(C(=O)O)nc1)Nc1cc(Cl)ccc1Cl. The van der Waals surface area contributed by atoms with E-state index in [0.717, 1.165) is 0 Å². The number of pyridine rings is 1. The predicted molar refractivity (Wildman–Crippen MR) is 80.3 cm³/mol. The second kappa shape index (κ2) is 6.43. The Labute approximate surface area is 129 Å². The van der Waals surface area contributed by atoms with E-state index in [-0.39, 0.29) is 5.69 Å². The third-order valence-corrected chi connectivity index (χ3v) is 2.98. The number of hydrogen-bond acceptors (Lipinski definition) is 3. The van der Waals surface area contributed by atoms with Gasteiger partial charge in [-0.2, -0.15) is 0 Å². The number of hydrogen-bond donors (Lipinski definition) is 3. The van der Waals surface area contributed by atoms with Gasteiger partial charge >= 0.3 is 12.0 Å². The number of anilines is 2. The molecule has 6 nitrogen and oxygen atoms in total. The molecule has 0 bridgehead atoms. The summed E-state index contributed by atoms with van der Waals surface area (Å²) in [7, 11) is 0. The summed E-state index contributed by atoms with van der Waals surface area (Å²) in [6.45, 7) is 0. The van der Waals surface area contributed by atoms with Crippen molar-refractivity contribution >= 4 is 46.6 Å². The summed E-state index contributed by atoms with van der Waals surface area (Å²) in [5, 5.41) is 14.5. The van der Waals surface area contributed by atoms with E-state index in [0.29, 0.717) is 21.4 Å². The second-order valence-corrected chi connectivity index (χ2v) is 4.78. The molecule has 21 heavy (non-hydrogen) atoms. The van der Waals surface area contributed by atoms with Gasteiger partial charge in [0.25, 0.3) is 0 Å². The number of urea groups is 1. The van der Waals surface area contributed by atoms with Gasteiger partial charge in [0, 0.05) is 5.02 Å². The monoisotopic (exact) mass is 325 g/mol. The lowest BCUT2D eigenvalue weighted by Crippen LogP contribution is -2.19. The lowest BCUT2D eigenvalue weighted by molar-refractivity contribution is 0.0690. The first-order valence-electron chi connectivity index (χ1n) is 5.68. The van der Waals surface area contributed by atoms with Crippen molar-refractivity contribution < 1.29 is 14.7 Å². The fourth-order valence-corrected chi connectivity index (χ4v) is 1.81. The molecule has 1 aromatic carbocycles. The van der Waals surface area contributed by atoms with Crippen LogP contribution < -0.4 is 10.6 Å². The van der Waals surface area contributed by atoms with Crippen LogP contribution in [-0.4, -0.2) is 22.1 Å². The summed E-state index contributed by atoms with van der Waals surface area (Å²) >= 11 is 11.7. The predicted octanol–water partition coefficient (Wildman–Crippen LogP) is 3.73. The zero-order chi connectivity index (χ0) is 15.4. The Morgan fingerprint density at radius 3 is 2.48 bits per heavy atom. The molecule has 0 unspecified atom stereocenters. The van der Waals surface area contributed by atoms with Crippen LogP contribution in [0, 0.1) is 0 Å². The van der Waals surface area contributed by atoms with Crippen LogP contribution in [0.3, 0.4) is 0 Å². The van der Waals surface area contributed by atoms with Gasteiger partial charge < -0.3 is 15.7 Å². The second-order valence-electron chi connectivity index (χ2n) is 3.94. The van der Waals surface area contributed by atoms with Crippen LogP contribution in [0.15, 0.2) is 36.5 Å². The largest absolute Gasteiger partial charge is 0.477 e. The highest BCUT2D eigenvalue weighted by atomic mass is 35.5. The molecule has 1 aromatic heterocycles. The van der Waals surface area contributed by atoms with E-state index in [1.165, 1.54) is 24.4 Å². The Kier molecular flexibility index (Phi) is 4.62. The number of carbonyl (C=O) groups is 2. The van der Waals surface area contributed by atoms with Gasteiger partial charge in [-0.1, -0.05) is 23.2 Å². The van der Waals surface area contributed by atoms with E-state index >= 15 is 0 Å². The van der Waals surface area contributed by atoms with Crippen molar-refractivity contribution in [3.63, 3.8) is 0 Å². The molecule has 0 fully saturated rings. The number of benzene rings is 1. The van der Waals surface area contributed by atoms with Crippen molar-refractivity contribution in [3.05, 3.63) is 52.3 Å². The summed E-state index contributed by atoms with van der Waals surface area (Å²) in [6, 6.07) is 6.82. The molecule has 2 amide bonds. The molecule has 0 radical (unpaired) electrons. The Morgan fingerprint density at radius 1 is 1.10 bits per heavy atom. The van der Waals surface area contributed by atoms with E-state index in [9.17, 15) is 9.59 Å². The Hall–Kier alpha value is -2.31. The molecule has 2 aromatic rings. The van der Waals surface area contributed by atoms with Gasteiger partial charge in [-0.25, -0.2) is 14.6 Å². The summed E-state index contributed by atoms with van der Waals surface area (Å²) in [5.41, 5.74) is 0.589. The lowest BCUT2D eigenvalue weighted by atomic mass is 10.3. The number of carboxylic acids is 1. The first-order valence-corrected chi connectivity index (χ1v) is 6.43. The number of nitrogens with zero attached hydrogens (tertiary/aromatic N) is 1. The molecule has 1 heterocycles. The van der Waals surface area contributed by atoms with Crippen molar-refractivity contribution in [3.8, 4) is 0 Å². The van der Waals surface area contributed by atoms with Crippen molar-refractivity contribution in [2.75, 3.05) is 10.6 Å². The maximum Gasteiger partial charge on any atom is 0.354 e. The molecular formula is C13H9Cl2N3O3. The van der Waals surface area contributed by atoms with E-state index in [1.54, 1.807) is 12.1 Å². The summed E-state index contributed by atoms with van der Waals surface area (Å²) in [4.78, 5) is 26.1. The number of carbonyl (C=O) groups excluding carboxylic acids is 1. The fraction of sp³-hybridized carbons (Fsp3) is 0. The Balaban J connectivity index is 2.04. The van der Waals surface area contributed by atoms with E-state index in [4.69, 9.17) is 28.3 Å². The van der Waals surface area contributed by atoms with Gasteiger partial charge in [-0.05, 0) is 30.3 Å². The number of rotatable bonds is 3. The van der Waals surface area contributed by atoms with Crippen molar-refractivity contribution in [1.29, 1.82) is 0 Å². The topological polar surface area (TPSA) is 91.3 Å². The average Bonchev–Trinajstić information content (AvgIpc) is 2.43. The number of halogens is 2. The van der Waals surface area contributed by atoms with Crippen molar-refractivity contribution in [1.82, 2.24) is 4.98 Å². The first-order chi connectivity index (χ1) is 9.95. The maximum atomic E-state index is 11.8. The minimum atomic E-state index is -1.14. The van der Waals surface area contributed by atoms with Gasteiger partial charge in [0.05, 0.1) is 22.6 Å². The third-order valence-electron chi connectivity index (χ3n) is 2.42. The van der Waals surface area contributed by atoms with Gasteiger partial charge in [0.15, 0.2) is 0 Å². The minimum absolute atomic E-state index is 0.112. The Bertz CT molecular complexity index is 690. The maximum absolute atomic E-state index is 11.8. The zero-order valence-electron chi connectivity index (χ0n) is 10.4. The van der Waals surface area contributed by atoms with Gasteiger partial charge in [-0.15, -0.1) is 0 Å². The van der Waals surface area contributed by atoms with Gasteiger partial charge in [-0.3, -0.25) is 0 Å². The van der Waals surface area contributed by atoms with E-state index in [2.05, 4.69) is 15.6 Å². The van der Waals surface area contributed by atoms with Crippen LogP contribution in [0.2, 0.25) is 10.0 Å². The molecule has 0 atom stereocenters. The van der Waals surface area contributed by atoms with Crippen LogP contribution in [0.4, 0.5) is 16.2 Å². The summed E-state index contributed by atoms with van der Waals surface area (Å²) in [6.07, 6.45) is 1.24. The normalized spacial score (nSPS) is 10.0. The van der Waals surface area contributed by atoms with E-state index < -0.39 is 12.0 Å². The first kappa shape index (κ1) is 15.1. The molecule has 0 saturated heterocycles. The average molecular weight is 326 g/mol. The standard InChI is InChI=1S/C13H9Cl2N3O3/c14-7-1-3-9(15)11(5-7)18-13(21)17-8-2-4-10(12(19)20)16-6-8/h1-6H,(H,19,20)(H2,17,18,21). The van der Waals surface area contributed by atoms with Crippen LogP contribution in [0.5, 0.6) is 0 Å². The van der Waals surface area contributed by atoms with Gasteiger partial charge in [0.1, 0.15) is 5.69 Å². The molecule has 0 aliphatic rings. The summed E-state index contributed by atoms with van der Waals surface area (Å²) in [5.74, 6) is -1.14. The molecular weight excluding hydrogens is 317 g/mol. The molecule has 0 saturated carbocycles. The molecule has 0 spiro atoms. The molecule has 8 heteroatoms. The summed E-state index contributed by atoms with van der Waals surface area (Å²) < 4.78 is 0. The number of aromatic nitrogens is 1. The van der Waals surface area contributed by atoms with Crippen LogP contribution >= 0.6 is 23.2 Å². The number of nitrogens with one attached hydrogen (secondary N) is 2. The van der Waals surface area contributed by atoms with Crippen LogP contribution in [-0.2, 0) is 0 Å². The van der Waals surface area contributed by atoms with Crippen molar-refractivity contribution in [2.24, 2.45) is 0 Å². The van der Waals surface area contributed by atoms with Crippen molar-refractivity contribution in [2.45, 2.75) is 0 Å². The molecule has 0 aliphatic carbocycles.